The average molecular weight is 391 g/mol. The van der Waals surface area contributed by atoms with Crippen LogP contribution in [-0.4, -0.2) is 48.0 Å². The Bertz CT molecular complexity index is 1100. The van der Waals surface area contributed by atoms with Crippen LogP contribution in [0.4, 0.5) is 5.82 Å². The predicted molar refractivity (Wildman–Crippen MR) is 112 cm³/mol. The quantitative estimate of drug-likeness (QED) is 0.663. The van der Waals surface area contributed by atoms with Gasteiger partial charge in [0.05, 0.1) is 19.3 Å². The van der Waals surface area contributed by atoms with Gasteiger partial charge in [0.25, 0.3) is 0 Å². The summed E-state index contributed by atoms with van der Waals surface area (Å²) in [4.78, 5) is 4.17. The van der Waals surface area contributed by atoms with Crippen LogP contribution in [0.2, 0.25) is 0 Å². The van der Waals surface area contributed by atoms with Crippen LogP contribution >= 0.6 is 0 Å². The highest BCUT2D eigenvalue weighted by atomic mass is 16.5. The first-order valence-electron chi connectivity index (χ1n) is 9.61. The fourth-order valence-electron chi connectivity index (χ4n) is 3.93. The first-order chi connectivity index (χ1) is 14.1. The second kappa shape index (κ2) is 8.11. The molecular weight excluding hydrogens is 366 g/mol. The summed E-state index contributed by atoms with van der Waals surface area (Å²) in [7, 11) is 3.38. The molecule has 4 rings (SSSR count). The number of ether oxygens (including phenoxy) is 2. The minimum absolute atomic E-state index is 0.312. The van der Waals surface area contributed by atoms with E-state index in [2.05, 4.69) is 33.3 Å². The fourth-order valence-corrected chi connectivity index (χ4v) is 3.93. The topological polar surface area (TPSA) is 86.7 Å². The van der Waals surface area contributed by atoms with Crippen molar-refractivity contribution in [3.05, 3.63) is 53.0 Å². The molecule has 0 saturated carbocycles. The maximum atomic E-state index is 6.19. The van der Waals surface area contributed by atoms with Crippen LogP contribution in [0, 0.1) is 18.8 Å². The van der Waals surface area contributed by atoms with E-state index in [-0.39, 0.29) is 0 Å². The molecular formula is C22H25N5O2. The molecule has 0 aliphatic carbocycles. The highest BCUT2D eigenvalue weighted by molar-refractivity contribution is 5.76. The van der Waals surface area contributed by atoms with Gasteiger partial charge in [-0.25, -0.2) is 9.50 Å². The minimum atomic E-state index is 0.312. The molecule has 1 aromatic carbocycles. The Balaban J connectivity index is 1.74. The number of fused-ring (bicyclic) bond motifs is 1. The van der Waals surface area contributed by atoms with Crippen molar-refractivity contribution in [3.8, 4) is 17.6 Å². The van der Waals surface area contributed by atoms with Crippen molar-refractivity contribution in [1.82, 2.24) is 19.9 Å². The summed E-state index contributed by atoms with van der Waals surface area (Å²) in [5.41, 5.74) is 10.8. The van der Waals surface area contributed by atoms with Gasteiger partial charge < -0.3 is 20.5 Å². The van der Waals surface area contributed by atoms with Gasteiger partial charge >= 0.3 is 0 Å². The molecule has 3 aromatic rings. The highest BCUT2D eigenvalue weighted by Gasteiger charge is 2.28. The summed E-state index contributed by atoms with van der Waals surface area (Å²) < 4.78 is 12.5. The third-order valence-electron chi connectivity index (χ3n) is 5.25. The van der Waals surface area contributed by atoms with E-state index in [1.54, 1.807) is 14.2 Å². The Labute approximate surface area is 170 Å². The number of methoxy groups -OCH3 is 2. The molecule has 7 heteroatoms. The van der Waals surface area contributed by atoms with Gasteiger partial charge in [0.1, 0.15) is 17.6 Å². The zero-order chi connectivity index (χ0) is 20.4. The molecule has 1 saturated heterocycles. The maximum absolute atomic E-state index is 6.19. The van der Waals surface area contributed by atoms with E-state index in [0.717, 1.165) is 46.6 Å². The Kier molecular flexibility index (Phi) is 5.38. The second-order valence-corrected chi connectivity index (χ2v) is 7.37. The Morgan fingerprint density at radius 2 is 2.10 bits per heavy atom. The zero-order valence-corrected chi connectivity index (χ0v) is 16.9. The summed E-state index contributed by atoms with van der Waals surface area (Å²) in [6, 6.07) is 8.36. The number of hydrogen-bond acceptors (Lipinski definition) is 6. The molecule has 3 N–H and O–H groups in total. The van der Waals surface area contributed by atoms with Gasteiger partial charge in [-0.3, -0.25) is 0 Å². The Hall–Kier alpha value is -3.08. The summed E-state index contributed by atoms with van der Waals surface area (Å²) in [5, 5.41) is 7.96. The Morgan fingerprint density at radius 1 is 1.24 bits per heavy atom. The smallest absolute Gasteiger partial charge is 0.152 e. The molecule has 2 aromatic heterocycles. The number of rotatable bonds is 4. The minimum Gasteiger partial charge on any atom is -0.497 e. The van der Waals surface area contributed by atoms with Gasteiger partial charge in [-0.15, -0.1) is 0 Å². The number of nitrogens with one attached hydrogen (secondary N) is 1. The lowest BCUT2D eigenvalue weighted by molar-refractivity contribution is 0.173. The lowest BCUT2D eigenvalue weighted by Gasteiger charge is -2.09. The number of anilines is 1. The van der Waals surface area contributed by atoms with Gasteiger partial charge in [-0.2, -0.15) is 5.10 Å². The molecule has 0 radical (unpaired) electrons. The van der Waals surface area contributed by atoms with Crippen molar-refractivity contribution < 1.29 is 9.47 Å². The van der Waals surface area contributed by atoms with Crippen molar-refractivity contribution in [2.45, 2.75) is 25.3 Å². The summed E-state index contributed by atoms with van der Waals surface area (Å²) in [5.74, 6) is 8.04. The predicted octanol–water partition coefficient (Wildman–Crippen LogP) is 2.12. The molecule has 0 spiro atoms. The molecule has 7 nitrogen and oxygen atoms in total. The van der Waals surface area contributed by atoms with E-state index in [4.69, 9.17) is 15.2 Å². The largest absolute Gasteiger partial charge is 0.497 e. The number of nitrogen functional groups attached to an aromatic ring is 1. The number of nitrogens with two attached hydrogens (primary N) is 1. The van der Waals surface area contributed by atoms with Crippen LogP contribution in [0.1, 0.15) is 34.7 Å². The van der Waals surface area contributed by atoms with Crippen LogP contribution in [0.25, 0.3) is 5.52 Å². The standard InChI is InChI=1S/C22H25N5O2/c1-14-6-15(8-19(7-14)29-3)4-5-16-10-20(17-9-18(12-28-2)24-11-17)27-21(16)22(23)25-13-26-27/h6-8,10,13,17-18,24H,9,11-12H2,1-3H3,(H2,23,25,26)/t17?,18-/m1/s1. The molecule has 1 unspecified atom stereocenters. The van der Waals surface area contributed by atoms with E-state index in [1.165, 1.54) is 6.33 Å². The first-order valence-corrected chi connectivity index (χ1v) is 9.61. The molecule has 2 atom stereocenters. The zero-order valence-electron chi connectivity index (χ0n) is 16.9. The first kappa shape index (κ1) is 19.2. The molecule has 1 fully saturated rings. The van der Waals surface area contributed by atoms with E-state index < -0.39 is 0 Å². The summed E-state index contributed by atoms with van der Waals surface area (Å²) in [6.45, 7) is 3.58. The average Bonchev–Trinajstić information content (AvgIpc) is 3.31. The van der Waals surface area contributed by atoms with Crippen LogP contribution in [0.3, 0.4) is 0 Å². The van der Waals surface area contributed by atoms with Crippen LogP contribution in [0.15, 0.2) is 30.6 Å². The van der Waals surface area contributed by atoms with Crippen LogP contribution in [-0.2, 0) is 4.74 Å². The lowest BCUT2D eigenvalue weighted by atomic mass is 10.0. The number of aromatic nitrogens is 3. The van der Waals surface area contributed by atoms with E-state index in [0.29, 0.717) is 24.4 Å². The summed E-state index contributed by atoms with van der Waals surface area (Å²) >= 11 is 0. The van der Waals surface area contributed by atoms with Gasteiger partial charge in [-0.05, 0) is 43.2 Å². The second-order valence-electron chi connectivity index (χ2n) is 7.37. The molecule has 0 amide bonds. The van der Waals surface area contributed by atoms with E-state index >= 15 is 0 Å². The van der Waals surface area contributed by atoms with Crippen LogP contribution in [0.5, 0.6) is 5.75 Å². The van der Waals surface area contributed by atoms with Gasteiger partial charge in [-0.1, -0.05) is 11.8 Å². The van der Waals surface area contributed by atoms with Crippen molar-refractivity contribution in [2.24, 2.45) is 0 Å². The Morgan fingerprint density at radius 3 is 2.90 bits per heavy atom. The SMILES string of the molecule is COC[C@H]1CC(c2cc(C#Cc3cc(C)cc(OC)c3)c3c(N)ncnn23)CN1. The molecule has 29 heavy (non-hydrogen) atoms. The number of benzene rings is 1. The van der Waals surface area contributed by atoms with Crippen molar-refractivity contribution in [3.63, 3.8) is 0 Å². The van der Waals surface area contributed by atoms with E-state index in [9.17, 15) is 0 Å². The van der Waals surface area contributed by atoms with Gasteiger partial charge in [0.2, 0.25) is 0 Å². The molecule has 150 valence electrons. The molecule has 1 aliphatic rings. The van der Waals surface area contributed by atoms with Crippen molar-refractivity contribution in [1.29, 1.82) is 0 Å². The van der Waals surface area contributed by atoms with E-state index in [1.807, 2.05) is 29.6 Å². The summed E-state index contributed by atoms with van der Waals surface area (Å²) in [6.07, 6.45) is 2.47. The molecule has 1 aliphatic heterocycles. The number of nitrogens with zero attached hydrogens (tertiary/aromatic N) is 3. The monoisotopic (exact) mass is 391 g/mol. The third kappa shape index (κ3) is 3.90. The number of hydrogen-bond donors (Lipinski definition) is 2. The third-order valence-corrected chi connectivity index (χ3v) is 5.25. The van der Waals surface area contributed by atoms with Crippen LogP contribution < -0.4 is 15.8 Å². The van der Waals surface area contributed by atoms with Gasteiger partial charge in [0.15, 0.2) is 5.82 Å². The van der Waals surface area contributed by atoms with Gasteiger partial charge in [0, 0.05) is 36.9 Å². The maximum Gasteiger partial charge on any atom is 0.152 e. The van der Waals surface area contributed by atoms with Crippen molar-refractivity contribution >= 4 is 11.3 Å². The highest BCUT2D eigenvalue weighted by Crippen LogP contribution is 2.30. The fraction of sp³-hybridized carbons (Fsp3) is 0.364. The normalized spacial score (nSPS) is 18.6. The lowest BCUT2D eigenvalue weighted by Crippen LogP contribution is -2.25. The van der Waals surface area contributed by atoms with Crippen molar-refractivity contribution in [2.75, 3.05) is 33.1 Å². The molecule has 3 heterocycles. The molecule has 0 bridgehead atoms. The number of aryl methyl sites for hydroxylation is 1.